The monoisotopic (exact) mass is 466 g/mol. The summed E-state index contributed by atoms with van der Waals surface area (Å²) >= 11 is 9.95. The van der Waals surface area contributed by atoms with Gasteiger partial charge in [-0.2, -0.15) is 0 Å². The number of nitrogens with one attached hydrogen (secondary N) is 1. The Morgan fingerprint density at radius 3 is 2.52 bits per heavy atom. The van der Waals surface area contributed by atoms with E-state index < -0.39 is 24.0 Å². The Balaban J connectivity index is 2.19. The molecule has 0 radical (unpaired) electrons. The van der Waals surface area contributed by atoms with E-state index in [1.54, 1.807) is 0 Å². The number of halogens is 1. The van der Waals surface area contributed by atoms with Crippen LogP contribution in [0.25, 0.3) is 0 Å². The summed E-state index contributed by atoms with van der Waals surface area (Å²) in [5.41, 5.74) is 0.376. The molecule has 0 saturated carbocycles. The van der Waals surface area contributed by atoms with E-state index in [1.807, 2.05) is 0 Å². The Hall–Kier alpha value is -2.78. The molecule has 0 aliphatic carbocycles. The van der Waals surface area contributed by atoms with Crippen molar-refractivity contribution in [2.45, 2.75) is 18.9 Å². The van der Waals surface area contributed by atoms with E-state index in [9.17, 15) is 19.2 Å². The van der Waals surface area contributed by atoms with E-state index in [2.05, 4.69) is 31.1 Å². The molecule has 1 heterocycles. The minimum Gasteiger partial charge on any atom is -0.458 e. The van der Waals surface area contributed by atoms with Crippen LogP contribution < -0.4 is 5.32 Å². The van der Waals surface area contributed by atoms with Crippen molar-refractivity contribution in [2.75, 3.05) is 25.1 Å². The van der Waals surface area contributed by atoms with Gasteiger partial charge in [-0.05, 0) is 30.5 Å². The first kappa shape index (κ1) is 24.5. The Morgan fingerprint density at radius 1 is 1.19 bits per heavy atom. The third-order valence-electron chi connectivity index (χ3n) is 4.51. The fourth-order valence-electron chi connectivity index (χ4n) is 3.16. The average Bonchev–Trinajstić information content (AvgIpc) is 3.15. The molecule has 10 heteroatoms. The fraction of sp³-hybridized carbons (Fsp3) is 0.333. The average molecular weight is 467 g/mol. The Bertz CT molecular complexity index is 891. The Morgan fingerprint density at radius 2 is 1.87 bits per heavy atom. The summed E-state index contributed by atoms with van der Waals surface area (Å²) in [7, 11) is 0. The summed E-state index contributed by atoms with van der Waals surface area (Å²) in [4.78, 5) is 50.1. The molecule has 1 aromatic carbocycles. The van der Waals surface area contributed by atoms with Gasteiger partial charge in [-0.25, -0.2) is 9.59 Å². The van der Waals surface area contributed by atoms with Crippen molar-refractivity contribution in [1.82, 2.24) is 4.90 Å². The van der Waals surface area contributed by atoms with Crippen LogP contribution in [0.2, 0.25) is 5.02 Å². The van der Waals surface area contributed by atoms with Crippen molar-refractivity contribution < 1.29 is 28.7 Å². The van der Waals surface area contributed by atoms with Crippen molar-refractivity contribution in [2.24, 2.45) is 5.92 Å². The van der Waals surface area contributed by atoms with E-state index in [4.69, 9.17) is 21.1 Å². The van der Waals surface area contributed by atoms with Crippen LogP contribution in [0.3, 0.4) is 0 Å². The highest BCUT2D eigenvalue weighted by Crippen LogP contribution is 2.30. The zero-order valence-electron chi connectivity index (χ0n) is 16.7. The van der Waals surface area contributed by atoms with Gasteiger partial charge in [0, 0.05) is 13.0 Å². The lowest BCUT2D eigenvalue weighted by Crippen LogP contribution is -2.43. The lowest BCUT2D eigenvalue weighted by molar-refractivity contribution is -0.120. The SMILES string of the molecule is C=CCOC(=O)c1ccc(Cl)c(NC(=O)[C@@H]2C[C@@H](CC(=O)S)CN2C(=O)OCC=C)c1. The van der Waals surface area contributed by atoms with Gasteiger partial charge in [0.1, 0.15) is 19.3 Å². The number of hydrogen-bond acceptors (Lipinski definition) is 6. The maximum atomic E-state index is 13.0. The molecule has 8 nitrogen and oxygen atoms in total. The second-order valence-electron chi connectivity index (χ2n) is 6.80. The molecule has 1 aliphatic rings. The van der Waals surface area contributed by atoms with Gasteiger partial charge >= 0.3 is 12.1 Å². The molecule has 0 bridgehead atoms. The van der Waals surface area contributed by atoms with Gasteiger partial charge in [-0.15, -0.1) is 12.6 Å². The number of carbonyl (C=O) groups is 4. The number of nitrogens with zero attached hydrogens (tertiary/aromatic N) is 1. The summed E-state index contributed by atoms with van der Waals surface area (Å²) in [5.74, 6) is -1.37. The lowest BCUT2D eigenvalue weighted by atomic mass is 10.0. The van der Waals surface area contributed by atoms with Crippen LogP contribution in [0, 0.1) is 5.92 Å². The first-order valence-electron chi connectivity index (χ1n) is 9.41. The maximum Gasteiger partial charge on any atom is 0.410 e. The van der Waals surface area contributed by atoms with Crippen LogP contribution in [-0.2, 0) is 19.1 Å². The van der Waals surface area contributed by atoms with Gasteiger partial charge in [0.2, 0.25) is 5.91 Å². The number of esters is 1. The number of likely N-dealkylation sites (tertiary alicyclic amines) is 1. The van der Waals surface area contributed by atoms with Gasteiger partial charge in [0.25, 0.3) is 0 Å². The van der Waals surface area contributed by atoms with E-state index in [0.717, 1.165) is 0 Å². The van der Waals surface area contributed by atoms with Crippen LogP contribution in [-0.4, -0.2) is 53.8 Å². The summed E-state index contributed by atoms with van der Waals surface area (Å²) in [6.45, 7) is 7.16. The molecule has 0 aromatic heterocycles. The molecular formula is C21H23ClN2O6S. The highest BCUT2D eigenvalue weighted by molar-refractivity contribution is 7.96. The van der Waals surface area contributed by atoms with Gasteiger partial charge in [0.15, 0.2) is 5.12 Å². The third-order valence-corrected chi connectivity index (χ3v) is 5.02. The van der Waals surface area contributed by atoms with E-state index >= 15 is 0 Å². The number of rotatable bonds is 9. The van der Waals surface area contributed by atoms with Crippen LogP contribution >= 0.6 is 24.2 Å². The van der Waals surface area contributed by atoms with Crippen LogP contribution in [0.1, 0.15) is 23.2 Å². The van der Waals surface area contributed by atoms with Crippen molar-refractivity contribution >= 4 is 53.0 Å². The number of thiol groups is 1. The summed E-state index contributed by atoms with van der Waals surface area (Å²) < 4.78 is 10.0. The minimum atomic E-state index is -0.887. The standard InChI is InChI=1S/C21H23ClN2O6S/c1-3-7-29-20(27)14-5-6-15(22)16(11-14)23-19(26)17-9-13(10-18(25)31)12-24(17)21(28)30-8-4-2/h3-6,11,13,17H,1-2,7-10,12H2,(H,23,26)(H,25,31)/t13-,17-/m0/s1. The molecular weight excluding hydrogens is 444 g/mol. The quantitative estimate of drug-likeness (QED) is 0.328. The second-order valence-corrected chi connectivity index (χ2v) is 7.71. The lowest BCUT2D eigenvalue weighted by Gasteiger charge is -2.23. The molecule has 2 rings (SSSR count). The molecule has 1 aromatic rings. The highest BCUT2D eigenvalue weighted by Gasteiger charge is 2.41. The van der Waals surface area contributed by atoms with Gasteiger partial charge in [-0.3, -0.25) is 14.5 Å². The molecule has 1 saturated heterocycles. The van der Waals surface area contributed by atoms with Gasteiger partial charge in [0.05, 0.1) is 16.3 Å². The highest BCUT2D eigenvalue weighted by atomic mass is 35.5. The summed E-state index contributed by atoms with van der Waals surface area (Å²) in [6.07, 6.45) is 2.52. The molecule has 2 amide bonds. The Kier molecular flexibility index (Phi) is 9.14. The van der Waals surface area contributed by atoms with E-state index in [0.29, 0.717) is 0 Å². The summed E-state index contributed by atoms with van der Waals surface area (Å²) in [5, 5.41) is 2.52. The number of amides is 2. The zero-order chi connectivity index (χ0) is 23.0. The van der Waals surface area contributed by atoms with Crippen molar-refractivity contribution in [3.8, 4) is 0 Å². The molecule has 31 heavy (non-hydrogen) atoms. The zero-order valence-corrected chi connectivity index (χ0v) is 18.4. The van der Waals surface area contributed by atoms with E-state index in [-0.39, 0.29) is 59.9 Å². The molecule has 0 spiro atoms. The number of anilines is 1. The van der Waals surface area contributed by atoms with Crippen LogP contribution in [0.4, 0.5) is 10.5 Å². The normalized spacial score (nSPS) is 17.5. The van der Waals surface area contributed by atoms with Crippen LogP contribution in [0.5, 0.6) is 0 Å². The number of ether oxygens (including phenoxy) is 2. The van der Waals surface area contributed by atoms with Gasteiger partial charge < -0.3 is 14.8 Å². The molecule has 1 fully saturated rings. The molecule has 1 aliphatic heterocycles. The predicted molar refractivity (Wildman–Crippen MR) is 119 cm³/mol. The number of carbonyl (C=O) groups excluding carboxylic acids is 4. The number of benzene rings is 1. The van der Waals surface area contributed by atoms with Crippen molar-refractivity contribution in [1.29, 1.82) is 0 Å². The number of hydrogen-bond donors (Lipinski definition) is 2. The fourth-order valence-corrected chi connectivity index (χ4v) is 3.59. The first-order valence-corrected chi connectivity index (χ1v) is 10.2. The molecule has 166 valence electrons. The third kappa shape index (κ3) is 6.86. The van der Waals surface area contributed by atoms with Crippen molar-refractivity contribution in [3.63, 3.8) is 0 Å². The molecule has 0 unspecified atom stereocenters. The van der Waals surface area contributed by atoms with Gasteiger partial charge in [-0.1, -0.05) is 36.9 Å². The van der Waals surface area contributed by atoms with Crippen LogP contribution in [0.15, 0.2) is 43.5 Å². The summed E-state index contributed by atoms with van der Waals surface area (Å²) in [6, 6.07) is 3.42. The molecule has 2 atom stereocenters. The maximum absolute atomic E-state index is 13.0. The Labute approximate surface area is 190 Å². The second kappa shape index (κ2) is 11.6. The van der Waals surface area contributed by atoms with E-state index in [1.165, 1.54) is 35.3 Å². The topological polar surface area (TPSA) is 102 Å². The first-order chi connectivity index (χ1) is 14.8. The minimum absolute atomic E-state index is 0.0134. The largest absolute Gasteiger partial charge is 0.458 e. The van der Waals surface area contributed by atoms with Crippen molar-refractivity contribution in [3.05, 3.63) is 54.1 Å². The predicted octanol–water partition coefficient (Wildman–Crippen LogP) is 3.48. The smallest absolute Gasteiger partial charge is 0.410 e. The molecule has 1 N–H and O–H groups in total.